The van der Waals surface area contributed by atoms with Crippen LogP contribution in [0.15, 0.2) is 152 Å². The van der Waals surface area contributed by atoms with Gasteiger partial charge in [0.2, 0.25) is 0 Å². The number of hydrogen-bond acceptors (Lipinski definition) is 2. The van der Waals surface area contributed by atoms with Gasteiger partial charge in [0.25, 0.3) is 0 Å². The summed E-state index contributed by atoms with van der Waals surface area (Å²) < 4.78 is 11.2. The molecule has 0 heterocycles. The number of rotatable bonds is 8. The average Bonchev–Trinajstić information content (AvgIpc) is 3.26. The van der Waals surface area contributed by atoms with Crippen molar-refractivity contribution in [3.8, 4) is 0 Å². The van der Waals surface area contributed by atoms with Crippen molar-refractivity contribution in [1.29, 1.82) is 0 Å². The van der Waals surface area contributed by atoms with Gasteiger partial charge in [-0.05, 0) is 66.3 Å². The van der Waals surface area contributed by atoms with E-state index in [2.05, 4.69) is 93.5 Å². The van der Waals surface area contributed by atoms with E-state index in [-0.39, 0.29) is 11.3 Å². The fraction of sp³-hybridized carbons (Fsp3) is 0.152. The molecule has 0 radical (unpaired) electrons. The van der Waals surface area contributed by atoms with Gasteiger partial charge in [-0.3, -0.25) is 0 Å². The van der Waals surface area contributed by atoms with Crippen LogP contribution in [-0.2, 0) is 14.9 Å². The van der Waals surface area contributed by atoms with E-state index < -0.39 is 0 Å². The number of fused-ring (bicyclic) bond motifs is 1. The third-order valence-corrected chi connectivity index (χ3v) is 6.89. The molecule has 2 atom stereocenters. The van der Waals surface area contributed by atoms with Crippen LogP contribution in [0, 0.1) is 5.92 Å². The highest BCUT2D eigenvalue weighted by molar-refractivity contribution is 5.77. The topological polar surface area (TPSA) is 18.5 Å². The van der Waals surface area contributed by atoms with Gasteiger partial charge in [-0.15, -0.1) is 0 Å². The molecular formula is C33H32O2. The Balaban J connectivity index is 1.96. The molecule has 0 saturated heterocycles. The first kappa shape index (κ1) is 24.1. The molecule has 3 aliphatic carbocycles. The van der Waals surface area contributed by atoms with Crippen LogP contribution in [0.4, 0.5) is 0 Å². The Morgan fingerprint density at radius 2 is 1.71 bits per heavy atom. The van der Waals surface area contributed by atoms with E-state index in [9.17, 15) is 0 Å². The lowest BCUT2D eigenvalue weighted by atomic mass is 9.57. The fourth-order valence-corrected chi connectivity index (χ4v) is 5.27. The highest BCUT2D eigenvalue weighted by Gasteiger charge is 2.45. The van der Waals surface area contributed by atoms with Gasteiger partial charge in [-0.2, -0.15) is 0 Å². The fourth-order valence-electron chi connectivity index (χ4n) is 5.27. The highest BCUT2D eigenvalue weighted by Crippen LogP contribution is 2.54. The summed E-state index contributed by atoms with van der Waals surface area (Å²) in [5.74, 6) is 1.65. The first-order valence-corrected chi connectivity index (χ1v) is 11.9. The largest absolute Gasteiger partial charge is 0.466 e. The smallest absolute Gasteiger partial charge is 0.126 e. The van der Waals surface area contributed by atoms with Crippen LogP contribution in [0.2, 0.25) is 0 Å². The first-order chi connectivity index (χ1) is 17.1. The second kappa shape index (κ2) is 10.9. The maximum atomic E-state index is 5.60. The molecule has 0 spiro atoms. The van der Waals surface area contributed by atoms with Gasteiger partial charge in [-0.25, -0.2) is 0 Å². The Morgan fingerprint density at radius 3 is 2.49 bits per heavy atom. The maximum Gasteiger partial charge on any atom is 0.126 e. The minimum atomic E-state index is -0.300. The van der Waals surface area contributed by atoms with Gasteiger partial charge in [0.15, 0.2) is 0 Å². The predicted octanol–water partition coefficient (Wildman–Crippen LogP) is 8.56. The summed E-state index contributed by atoms with van der Waals surface area (Å²) in [6.45, 7) is 13.5. The molecule has 2 unspecified atom stereocenters. The van der Waals surface area contributed by atoms with Gasteiger partial charge in [0, 0.05) is 11.3 Å². The first-order valence-electron chi connectivity index (χ1n) is 11.9. The molecule has 2 nitrogen and oxygen atoms in total. The van der Waals surface area contributed by atoms with Gasteiger partial charge in [0.1, 0.15) is 11.5 Å². The van der Waals surface area contributed by atoms with Crippen LogP contribution in [0.25, 0.3) is 5.57 Å². The number of hydrogen-bond donors (Lipinski definition) is 0. The van der Waals surface area contributed by atoms with Gasteiger partial charge in [0.05, 0.1) is 12.5 Å². The maximum absolute atomic E-state index is 5.60. The molecule has 0 fully saturated rings. The lowest BCUT2D eigenvalue weighted by molar-refractivity contribution is 0.368. The van der Waals surface area contributed by atoms with Crippen molar-refractivity contribution in [2.24, 2.45) is 5.92 Å². The van der Waals surface area contributed by atoms with Crippen molar-refractivity contribution in [1.82, 2.24) is 0 Å². The van der Waals surface area contributed by atoms with Crippen LogP contribution < -0.4 is 0 Å². The molecule has 35 heavy (non-hydrogen) atoms. The molecule has 0 bridgehead atoms. The van der Waals surface area contributed by atoms with Crippen molar-refractivity contribution < 1.29 is 9.47 Å². The Bertz CT molecular complexity index is 1260. The quantitative estimate of drug-likeness (QED) is 0.286. The Morgan fingerprint density at radius 1 is 0.943 bits per heavy atom. The minimum Gasteiger partial charge on any atom is -0.466 e. The molecule has 3 aliphatic rings. The van der Waals surface area contributed by atoms with E-state index >= 15 is 0 Å². The van der Waals surface area contributed by atoms with E-state index in [4.69, 9.17) is 9.47 Å². The Labute approximate surface area is 209 Å². The van der Waals surface area contributed by atoms with Gasteiger partial charge >= 0.3 is 0 Å². The molecule has 1 aromatic carbocycles. The lowest BCUT2D eigenvalue weighted by Crippen LogP contribution is -2.39. The van der Waals surface area contributed by atoms with Crippen LogP contribution in [0.1, 0.15) is 30.9 Å². The molecule has 0 amide bonds. The predicted molar refractivity (Wildman–Crippen MR) is 147 cm³/mol. The van der Waals surface area contributed by atoms with E-state index in [1.54, 1.807) is 0 Å². The molecule has 2 heteroatoms. The Hall–Kier alpha value is -4.04. The molecular weight excluding hydrogens is 428 g/mol. The summed E-state index contributed by atoms with van der Waals surface area (Å²) in [6, 6.07) is 8.80. The van der Waals surface area contributed by atoms with Crippen LogP contribution in [-0.4, -0.2) is 0 Å². The summed E-state index contributed by atoms with van der Waals surface area (Å²) in [5, 5.41) is 0. The van der Waals surface area contributed by atoms with E-state index in [0.717, 1.165) is 24.4 Å². The van der Waals surface area contributed by atoms with E-state index in [1.807, 2.05) is 30.4 Å². The van der Waals surface area contributed by atoms with Crippen LogP contribution in [0.3, 0.4) is 0 Å². The molecule has 1 aromatic rings. The molecule has 4 rings (SSSR count). The second-order valence-electron chi connectivity index (χ2n) is 8.71. The third kappa shape index (κ3) is 4.79. The summed E-state index contributed by atoms with van der Waals surface area (Å²) in [4.78, 5) is 0. The second-order valence-corrected chi connectivity index (χ2v) is 8.71. The summed E-state index contributed by atoms with van der Waals surface area (Å²) in [5.41, 5.74) is 6.26. The molecule has 0 aliphatic heterocycles. The summed E-state index contributed by atoms with van der Waals surface area (Å²) in [7, 11) is 0. The normalized spacial score (nSPS) is 23.5. The van der Waals surface area contributed by atoms with Crippen molar-refractivity contribution in [3.63, 3.8) is 0 Å². The van der Waals surface area contributed by atoms with Gasteiger partial charge in [-0.1, -0.05) is 98.2 Å². The zero-order valence-corrected chi connectivity index (χ0v) is 20.3. The Kier molecular flexibility index (Phi) is 7.52. The summed E-state index contributed by atoms with van der Waals surface area (Å²) in [6.07, 6.45) is 29.8. The minimum absolute atomic E-state index is 0.0981. The van der Waals surface area contributed by atoms with Crippen molar-refractivity contribution >= 4 is 5.57 Å². The molecule has 176 valence electrons. The highest BCUT2D eigenvalue weighted by atomic mass is 16.5. The van der Waals surface area contributed by atoms with E-state index in [1.165, 1.54) is 40.4 Å². The molecule has 0 saturated carbocycles. The van der Waals surface area contributed by atoms with Crippen molar-refractivity contribution in [2.75, 3.05) is 0 Å². The number of allylic oxidation sites excluding steroid dienone is 15. The SMILES string of the molecule is C=C/C=C\C1=C(C)c2ccccc2C(C2=CC=C(OC=C)C=CC2)(C2C=CC=C(OC=C)C=C2)C1. The zero-order chi connectivity index (χ0) is 24.7. The van der Waals surface area contributed by atoms with Crippen molar-refractivity contribution in [3.05, 3.63) is 163 Å². The number of benzene rings is 1. The third-order valence-electron chi connectivity index (χ3n) is 6.89. The monoisotopic (exact) mass is 460 g/mol. The van der Waals surface area contributed by atoms with Gasteiger partial charge < -0.3 is 9.47 Å². The van der Waals surface area contributed by atoms with Crippen LogP contribution in [0.5, 0.6) is 0 Å². The zero-order valence-electron chi connectivity index (χ0n) is 20.3. The van der Waals surface area contributed by atoms with Crippen LogP contribution >= 0.6 is 0 Å². The standard InChI is InChI=1S/C33H32O2/c1-5-8-13-26-24-33(32-19-10-9-18-31(32)25(26)4,27-14-11-16-29(22-20-27)34-6-2)28-15-12-17-30(23-21-28)35-7-3/h5-14,16-23,27H,1-3,15,24H2,4H3/b13-8-. The molecule has 0 N–H and O–H groups in total. The summed E-state index contributed by atoms with van der Waals surface area (Å²) >= 11 is 0. The lowest BCUT2D eigenvalue weighted by Gasteiger charge is -2.46. The van der Waals surface area contributed by atoms with Crippen molar-refractivity contribution in [2.45, 2.75) is 25.2 Å². The van der Waals surface area contributed by atoms with E-state index in [0.29, 0.717) is 0 Å². The molecule has 0 aromatic heterocycles. The number of ether oxygens (including phenoxy) is 2. The average molecular weight is 461 g/mol.